The Labute approximate surface area is 219 Å². The number of hydrogen-bond donors (Lipinski definition) is 2. The summed E-state index contributed by atoms with van der Waals surface area (Å²) < 4.78 is 13.1. The van der Waals surface area contributed by atoms with Crippen molar-refractivity contribution in [2.24, 2.45) is 0 Å². The van der Waals surface area contributed by atoms with Gasteiger partial charge in [0.05, 0.1) is 28.9 Å². The molecule has 0 aliphatic heterocycles. The number of hydrogen-bond acceptors (Lipinski definition) is 6. The van der Waals surface area contributed by atoms with E-state index in [9.17, 15) is 4.79 Å². The molecule has 0 aliphatic carbocycles. The molecule has 0 aliphatic rings. The Morgan fingerprint density at radius 1 is 1.12 bits per heavy atom. The van der Waals surface area contributed by atoms with E-state index < -0.39 is 0 Å². The second-order valence-electron chi connectivity index (χ2n) is 6.17. The molecule has 0 unspecified atom stereocenters. The zero-order valence-corrected chi connectivity index (χ0v) is 23.1. The number of rotatable bonds is 6. The Balaban J connectivity index is 1.62. The third kappa shape index (κ3) is 6.38. The van der Waals surface area contributed by atoms with Gasteiger partial charge < -0.3 is 14.8 Å². The lowest BCUT2D eigenvalue weighted by Crippen LogP contribution is -2.32. The number of thiocarbonyl (C=S) groups is 1. The fraction of sp³-hybridized carbons (Fsp3) is 0.0952. The van der Waals surface area contributed by atoms with Crippen LogP contribution in [0.25, 0.3) is 17.3 Å². The van der Waals surface area contributed by atoms with Gasteiger partial charge in [0.1, 0.15) is 11.5 Å². The fourth-order valence-electron chi connectivity index (χ4n) is 2.66. The minimum atomic E-state index is -0.378. The van der Waals surface area contributed by atoms with E-state index in [0.29, 0.717) is 10.9 Å². The van der Waals surface area contributed by atoms with Crippen molar-refractivity contribution in [2.75, 3.05) is 19.5 Å². The third-order valence-corrected chi connectivity index (χ3v) is 6.69. The smallest absolute Gasteiger partial charge is 0.250 e. The normalized spacial score (nSPS) is 10.8. The third-order valence-electron chi connectivity index (χ3n) is 4.06. The number of nitrogens with one attached hydrogen (secondary N) is 2. The van der Waals surface area contributed by atoms with E-state index in [1.54, 1.807) is 20.3 Å². The van der Waals surface area contributed by atoms with E-state index in [-0.39, 0.29) is 11.0 Å². The summed E-state index contributed by atoms with van der Waals surface area (Å²) in [5.74, 6) is 0.988. The standard InChI is InChI=1S/C21H16Br3N3O3S2/c1-29-17-5-3-11(8-14(17)23)16-10-32-21(25-16)27-20(31)26-18(28)6-4-12-7-13(22)9-15(24)19(12)30-2/h3-10H,1-2H3,(H2,25,26,27,28,31)/b6-4+. The molecule has 0 bridgehead atoms. The van der Waals surface area contributed by atoms with Crippen molar-refractivity contribution in [2.45, 2.75) is 0 Å². The summed E-state index contributed by atoms with van der Waals surface area (Å²) in [6, 6.07) is 9.42. The van der Waals surface area contributed by atoms with E-state index in [0.717, 1.165) is 36.0 Å². The zero-order chi connectivity index (χ0) is 23.3. The van der Waals surface area contributed by atoms with Crippen molar-refractivity contribution >= 4 is 93.6 Å². The van der Waals surface area contributed by atoms with Crippen molar-refractivity contribution < 1.29 is 14.3 Å². The van der Waals surface area contributed by atoms with Gasteiger partial charge in [-0.25, -0.2) is 4.98 Å². The molecule has 0 fully saturated rings. The molecule has 3 aromatic rings. The van der Waals surface area contributed by atoms with E-state index in [4.69, 9.17) is 21.7 Å². The van der Waals surface area contributed by atoms with Crippen LogP contribution >= 0.6 is 71.3 Å². The molecular weight excluding hydrogens is 646 g/mol. The van der Waals surface area contributed by atoms with Gasteiger partial charge in [-0.15, -0.1) is 11.3 Å². The Bertz CT molecular complexity index is 1200. The first kappa shape index (κ1) is 24.8. The van der Waals surface area contributed by atoms with Gasteiger partial charge in [0.2, 0.25) is 5.91 Å². The minimum absolute atomic E-state index is 0.152. The summed E-state index contributed by atoms with van der Waals surface area (Å²) in [6.45, 7) is 0. The zero-order valence-electron chi connectivity index (χ0n) is 16.7. The van der Waals surface area contributed by atoms with Crippen molar-refractivity contribution in [1.82, 2.24) is 10.3 Å². The molecule has 6 nitrogen and oxygen atoms in total. The molecule has 1 amide bonds. The molecular formula is C21H16Br3N3O3S2. The number of amides is 1. The van der Waals surface area contributed by atoms with Gasteiger partial charge >= 0.3 is 0 Å². The predicted octanol–water partition coefficient (Wildman–Crippen LogP) is 6.64. The molecule has 0 saturated heterocycles. The average molecular weight is 662 g/mol. The summed E-state index contributed by atoms with van der Waals surface area (Å²) in [5, 5.41) is 8.17. The second kappa shape index (κ2) is 11.4. The SMILES string of the molecule is COc1ccc(-c2csc(NC(=S)NC(=O)/C=C/c3cc(Br)cc(Br)c3OC)n2)cc1Br. The number of thiazole rings is 1. The molecule has 1 aromatic heterocycles. The van der Waals surface area contributed by atoms with E-state index in [1.807, 2.05) is 35.7 Å². The summed E-state index contributed by atoms with van der Waals surface area (Å²) in [4.78, 5) is 16.8. The van der Waals surface area contributed by atoms with Crippen molar-refractivity contribution in [3.05, 3.63) is 60.8 Å². The van der Waals surface area contributed by atoms with Crippen LogP contribution in [-0.2, 0) is 4.79 Å². The first-order valence-electron chi connectivity index (χ1n) is 8.93. The number of aromatic nitrogens is 1. The highest BCUT2D eigenvalue weighted by Crippen LogP contribution is 2.34. The van der Waals surface area contributed by atoms with Crippen LogP contribution in [0.2, 0.25) is 0 Å². The van der Waals surface area contributed by atoms with Crippen LogP contribution in [0.3, 0.4) is 0 Å². The Kier molecular flexibility index (Phi) is 8.83. The molecule has 2 aromatic carbocycles. The summed E-state index contributed by atoms with van der Waals surface area (Å²) in [5.41, 5.74) is 2.44. The molecule has 0 spiro atoms. The Morgan fingerprint density at radius 3 is 2.59 bits per heavy atom. The maximum Gasteiger partial charge on any atom is 0.250 e. The first-order valence-corrected chi connectivity index (χ1v) is 12.6. The van der Waals surface area contributed by atoms with Gasteiger partial charge in [-0.05, 0) is 80.5 Å². The second-order valence-corrected chi connectivity index (χ2v) is 10.1. The maximum atomic E-state index is 12.3. The van der Waals surface area contributed by atoms with E-state index >= 15 is 0 Å². The lowest BCUT2D eigenvalue weighted by Gasteiger charge is -2.08. The van der Waals surface area contributed by atoms with Gasteiger partial charge in [0.25, 0.3) is 0 Å². The van der Waals surface area contributed by atoms with Crippen LogP contribution in [0.15, 0.2) is 55.2 Å². The summed E-state index contributed by atoms with van der Waals surface area (Å²) in [7, 11) is 3.18. The van der Waals surface area contributed by atoms with E-state index in [2.05, 4.69) is 63.4 Å². The number of nitrogens with zero attached hydrogens (tertiary/aromatic N) is 1. The van der Waals surface area contributed by atoms with Crippen LogP contribution < -0.4 is 20.1 Å². The van der Waals surface area contributed by atoms with Crippen LogP contribution in [-0.4, -0.2) is 30.2 Å². The van der Waals surface area contributed by atoms with Crippen LogP contribution in [0, 0.1) is 0 Å². The molecule has 11 heteroatoms. The molecule has 3 rings (SSSR count). The monoisotopic (exact) mass is 659 g/mol. The molecule has 1 heterocycles. The number of ether oxygens (including phenoxy) is 2. The molecule has 0 radical (unpaired) electrons. The number of anilines is 1. The Hall–Kier alpha value is -1.79. The highest BCUT2D eigenvalue weighted by Gasteiger charge is 2.11. The van der Waals surface area contributed by atoms with Crippen molar-refractivity contribution in [1.29, 1.82) is 0 Å². The van der Waals surface area contributed by atoms with Gasteiger partial charge in [0.15, 0.2) is 10.2 Å². The molecule has 0 atom stereocenters. The van der Waals surface area contributed by atoms with Gasteiger partial charge in [0, 0.05) is 27.1 Å². The highest BCUT2D eigenvalue weighted by atomic mass is 79.9. The van der Waals surface area contributed by atoms with Gasteiger partial charge in [-0.2, -0.15) is 0 Å². The van der Waals surface area contributed by atoms with E-state index in [1.165, 1.54) is 17.4 Å². The Morgan fingerprint density at radius 2 is 1.91 bits per heavy atom. The average Bonchev–Trinajstić information content (AvgIpc) is 3.20. The van der Waals surface area contributed by atoms with Crippen molar-refractivity contribution in [3.63, 3.8) is 0 Å². The number of halogens is 3. The highest BCUT2D eigenvalue weighted by molar-refractivity contribution is 9.11. The molecule has 2 N–H and O–H groups in total. The summed E-state index contributed by atoms with van der Waals surface area (Å²) >= 11 is 17.0. The number of carbonyl (C=O) groups is 1. The fourth-order valence-corrected chi connectivity index (χ4v) is 5.60. The lowest BCUT2D eigenvalue weighted by atomic mass is 10.2. The van der Waals surface area contributed by atoms with Gasteiger partial charge in [-0.3, -0.25) is 10.1 Å². The van der Waals surface area contributed by atoms with Gasteiger partial charge in [-0.1, -0.05) is 15.9 Å². The predicted molar refractivity (Wildman–Crippen MR) is 144 cm³/mol. The van der Waals surface area contributed by atoms with Crippen LogP contribution in [0.4, 0.5) is 5.13 Å². The number of benzene rings is 2. The lowest BCUT2D eigenvalue weighted by molar-refractivity contribution is -0.115. The van der Waals surface area contributed by atoms with Crippen molar-refractivity contribution in [3.8, 4) is 22.8 Å². The summed E-state index contributed by atoms with van der Waals surface area (Å²) in [6.07, 6.45) is 3.03. The first-order chi connectivity index (χ1) is 15.3. The van der Waals surface area contributed by atoms with Crippen LogP contribution in [0.1, 0.15) is 5.56 Å². The number of methoxy groups -OCH3 is 2. The topological polar surface area (TPSA) is 72.5 Å². The largest absolute Gasteiger partial charge is 0.496 e. The molecule has 166 valence electrons. The molecule has 32 heavy (non-hydrogen) atoms. The minimum Gasteiger partial charge on any atom is -0.496 e. The maximum absolute atomic E-state index is 12.3. The molecule has 0 saturated carbocycles. The van der Waals surface area contributed by atoms with Crippen LogP contribution in [0.5, 0.6) is 11.5 Å². The quantitative estimate of drug-likeness (QED) is 0.228. The number of carbonyl (C=O) groups excluding carboxylic acids is 1.